The molecule has 2 aromatic rings. The van der Waals surface area contributed by atoms with Gasteiger partial charge in [0.1, 0.15) is 0 Å². The van der Waals surface area contributed by atoms with Crippen LogP contribution in [0, 0.1) is 18.8 Å². The van der Waals surface area contributed by atoms with Crippen molar-refractivity contribution in [3.8, 4) is 0 Å². The SMILES string of the molecule is Cc1ccc(CNC(=O)[C@@H]2CCCN(S(=O)(=O)c3ccc4c(c3)C[C@@H](C)N4C(=O)C3CC3)C2)cc1. The first-order valence-corrected chi connectivity index (χ1v) is 14.0. The highest BCUT2D eigenvalue weighted by atomic mass is 32.2. The molecule has 7 nitrogen and oxygen atoms in total. The first-order chi connectivity index (χ1) is 16.7. The van der Waals surface area contributed by atoms with Crippen LogP contribution in [0.2, 0.25) is 0 Å². The molecule has 8 heteroatoms. The number of aryl methyl sites for hydroxylation is 1. The summed E-state index contributed by atoms with van der Waals surface area (Å²) in [5, 5.41) is 2.97. The number of carbonyl (C=O) groups is 2. The summed E-state index contributed by atoms with van der Waals surface area (Å²) < 4.78 is 28.4. The van der Waals surface area contributed by atoms with Crippen LogP contribution in [0.5, 0.6) is 0 Å². The third-order valence-corrected chi connectivity index (χ3v) is 9.27. The Morgan fingerprint density at radius 2 is 1.77 bits per heavy atom. The van der Waals surface area contributed by atoms with Crippen molar-refractivity contribution >= 4 is 27.5 Å². The molecule has 1 saturated carbocycles. The van der Waals surface area contributed by atoms with E-state index in [1.807, 2.05) is 43.0 Å². The van der Waals surface area contributed by atoms with Crippen molar-refractivity contribution in [2.45, 2.75) is 63.4 Å². The van der Waals surface area contributed by atoms with E-state index in [-0.39, 0.29) is 41.1 Å². The number of nitrogens with zero attached hydrogens (tertiary/aromatic N) is 2. The molecule has 5 rings (SSSR count). The van der Waals surface area contributed by atoms with E-state index in [0.29, 0.717) is 32.4 Å². The van der Waals surface area contributed by atoms with Crippen LogP contribution in [0.4, 0.5) is 5.69 Å². The third kappa shape index (κ3) is 4.86. The van der Waals surface area contributed by atoms with E-state index in [1.165, 1.54) is 4.31 Å². The minimum Gasteiger partial charge on any atom is -0.352 e. The first kappa shape index (κ1) is 24.0. The van der Waals surface area contributed by atoms with Gasteiger partial charge >= 0.3 is 0 Å². The molecule has 186 valence electrons. The number of hydrogen-bond donors (Lipinski definition) is 1. The highest BCUT2D eigenvalue weighted by molar-refractivity contribution is 7.89. The molecule has 0 spiro atoms. The van der Waals surface area contributed by atoms with Gasteiger partial charge in [-0.1, -0.05) is 29.8 Å². The fourth-order valence-corrected chi connectivity index (χ4v) is 6.77. The zero-order valence-corrected chi connectivity index (χ0v) is 21.2. The average molecular weight is 496 g/mol. The summed E-state index contributed by atoms with van der Waals surface area (Å²) in [5.41, 5.74) is 3.92. The molecule has 2 heterocycles. The Morgan fingerprint density at radius 3 is 2.49 bits per heavy atom. The van der Waals surface area contributed by atoms with Gasteiger partial charge in [-0.15, -0.1) is 0 Å². The first-order valence-electron chi connectivity index (χ1n) is 12.5. The van der Waals surface area contributed by atoms with Crippen LogP contribution in [0.15, 0.2) is 47.4 Å². The Labute approximate surface area is 207 Å². The number of fused-ring (bicyclic) bond motifs is 1. The normalized spacial score (nSPS) is 22.6. The van der Waals surface area contributed by atoms with Crippen LogP contribution in [0.1, 0.15) is 49.3 Å². The van der Waals surface area contributed by atoms with Crippen LogP contribution in [0.3, 0.4) is 0 Å². The largest absolute Gasteiger partial charge is 0.352 e. The van der Waals surface area contributed by atoms with Crippen LogP contribution >= 0.6 is 0 Å². The van der Waals surface area contributed by atoms with Gasteiger partial charge in [-0.3, -0.25) is 9.59 Å². The van der Waals surface area contributed by atoms with E-state index in [0.717, 1.165) is 35.2 Å². The zero-order chi connectivity index (χ0) is 24.7. The maximum atomic E-state index is 13.5. The molecule has 2 aliphatic heterocycles. The molecule has 3 aliphatic rings. The number of nitrogens with one attached hydrogen (secondary N) is 1. The lowest BCUT2D eigenvalue weighted by atomic mass is 9.98. The van der Waals surface area contributed by atoms with E-state index < -0.39 is 10.0 Å². The van der Waals surface area contributed by atoms with Gasteiger partial charge in [-0.25, -0.2) is 8.42 Å². The van der Waals surface area contributed by atoms with Gasteiger partial charge in [0.05, 0.1) is 10.8 Å². The zero-order valence-electron chi connectivity index (χ0n) is 20.4. The summed E-state index contributed by atoms with van der Waals surface area (Å²) in [5.74, 6) is -0.204. The van der Waals surface area contributed by atoms with E-state index in [9.17, 15) is 18.0 Å². The van der Waals surface area contributed by atoms with E-state index in [1.54, 1.807) is 18.2 Å². The van der Waals surface area contributed by atoms with Gasteiger partial charge in [-0.05, 0) is 75.3 Å². The van der Waals surface area contributed by atoms with Gasteiger partial charge in [0.15, 0.2) is 0 Å². The van der Waals surface area contributed by atoms with Crippen molar-refractivity contribution in [1.82, 2.24) is 9.62 Å². The molecule has 2 atom stereocenters. The molecule has 1 aliphatic carbocycles. The van der Waals surface area contributed by atoms with Gasteiger partial charge in [-0.2, -0.15) is 4.31 Å². The van der Waals surface area contributed by atoms with Gasteiger partial charge in [0.25, 0.3) is 0 Å². The predicted molar refractivity (Wildman–Crippen MR) is 134 cm³/mol. The summed E-state index contributed by atoms with van der Waals surface area (Å²) in [6.45, 7) is 5.05. The van der Waals surface area contributed by atoms with Crippen molar-refractivity contribution in [3.05, 3.63) is 59.2 Å². The highest BCUT2D eigenvalue weighted by Crippen LogP contribution is 2.40. The Morgan fingerprint density at radius 1 is 1.03 bits per heavy atom. The van der Waals surface area contributed by atoms with Crippen LogP contribution in [-0.4, -0.2) is 43.7 Å². The molecule has 0 unspecified atom stereocenters. The molecular formula is C27H33N3O4S. The van der Waals surface area contributed by atoms with Crippen molar-refractivity contribution in [1.29, 1.82) is 0 Å². The fraction of sp³-hybridized carbons (Fsp3) is 0.481. The number of amides is 2. The summed E-state index contributed by atoms with van der Waals surface area (Å²) in [6, 6.07) is 13.1. The van der Waals surface area contributed by atoms with Crippen molar-refractivity contribution < 1.29 is 18.0 Å². The molecule has 0 radical (unpaired) electrons. The lowest BCUT2D eigenvalue weighted by Crippen LogP contribution is -2.45. The quantitative estimate of drug-likeness (QED) is 0.666. The lowest BCUT2D eigenvalue weighted by Gasteiger charge is -2.31. The monoisotopic (exact) mass is 495 g/mol. The number of hydrogen-bond acceptors (Lipinski definition) is 4. The van der Waals surface area contributed by atoms with E-state index >= 15 is 0 Å². The van der Waals surface area contributed by atoms with Gasteiger partial charge in [0, 0.05) is 37.3 Å². The van der Waals surface area contributed by atoms with Crippen LogP contribution in [-0.2, 0) is 32.6 Å². The smallest absolute Gasteiger partial charge is 0.243 e. The predicted octanol–water partition coefficient (Wildman–Crippen LogP) is 3.40. The molecule has 2 amide bonds. The summed E-state index contributed by atoms with van der Waals surface area (Å²) in [4.78, 5) is 27.6. The number of carbonyl (C=O) groups excluding carboxylic acids is 2. The fourth-order valence-electron chi connectivity index (χ4n) is 5.19. The number of rotatable bonds is 6. The van der Waals surface area contributed by atoms with Crippen LogP contribution in [0.25, 0.3) is 0 Å². The highest BCUT2D eigenvalue weighted by Gasteiger charge is 2.40. The third-order valence-electron chi connectivity index (χ3n) is 7.41. The maximum absolute atomic E-state index is 13.5. The average Bonchev–Trinajstić information content (AvgIpc) is 3.65. The second kappa shape index (κ2) is 9.39. The van der Waals surface area contributed by atoms with Crippen molar-refractivity contribution in [2.24, 2.45) is 11.8 Å². The standard InChI is InChI=1S/C27H33N3O4S/c1-18-5-7-20(8-6-18)16-28-26(31)22-4-3-13-29(17-22)35(33,34)24-11-12-25-23(15-24)14-19(2)30(25)27(32)21-9-10-21/h5-8,11-12,15,19,21-22H,3-4,9-10,13-14,16-17H2,1-2H3,(H,28,31)/t19-,22-/m1/s1. The molecule has 1 N–H and O–H groups in total. The number of sulfonamides is 1. The van der Waals surface area contributed by atoms with E-state index in [4.69, 9.17) is 0 Å². The number of anilines is 1. The minimum absolute atomic E-state index is 0.0349. The molecule has 2 fully saturated rings. The Hall–Kier alpha value is -2.71. The molecule has 0 bridgehead atoms. The lowest BCUT2D eigenvalue weighted by molar-refractivity contribution is -0.126. The Balaban J connectivity index is 1.27. The maximum Gasteiger partial charge on any atom is 0.243 e. The minimum atomic E-state index is -3.73. The van der Waals surface area contributed by atoms with Crippen molar-refractivity contribution in [2.75, 3.05) is 18.0 Å². The van der Waals surface area contributed by atoms with Crippen molar-refractivity contribution in [3.63, 3.8) is 0 Å². The number of piperidine rings is 1. The molecular weight excluding hydrogens is 462 g/mol. The number of benzene rings is 2. The second-order valence-electron chi connectivity index (χ2n) is 10.2. The topological polar surface area (TPSA) is 86.8 Å². The molecule has 35 heavy (non-hydrogen) atoms. The Kier molecular flexibility index (Phi) is 6.44. The molecule has 2 aromatic carbocycles. The summed E-state index contributed by atoms with van der Waals surface area (Å²) in [6.07, 6.45) is 3.86. The van der Waals surface area contributed by atoms with Crippen LogP contribution < -0.4 is 10.2 Å². The molecule has 0 aromatic heterocycles. The van der Waals surface area contributed by atoms with Gasteiger partial charge in [0.2, 0.25) is 21.8 Å². The Bertz CT molecular complexity index is 1240. The van der Waals surface area contributed by atoms with E-state index in [2.05, 4.69) is 5.32 Å². The summed E-state index contributed by atoms with van der Waals surface area (Å²) >= 11 is 0. The second-order valence-corrected chi connectivity index (χ2v) is 12.2. The van der Waals surface area contributed by atoms with Gasteiger partial charge < -0.3 is 10.2 Å². The molecule has 1 saturated heterocycles. The summed E-state index contributed by atoms with van der Waals surface area (Å²) in [7, 11) is -3.73.